The number of ether oxygens (including phenoxy) is 3. The first-order chi connectivity index (χ1) is 18.6. The standard InChI is InChI=1S/C30H29N3O5/c1-36-25-12-9-22(10-13-25)11-14-26-16-23-17-27(18-28(34)29(23)30(35)38-26)37-20-24-19-33(32-31-24)15-5-8-21-6-3-2-4-7-21/h2-10,12-13,17-19,26,34H,11,14-16,20H2,1H3. The minimum absolute atomic E-state index is 0.147. The van der Waals surface area contributed by atoms with Gasteiger partial charge in [0.25, 0.3) is 0 Å². The second-order valence-corrected chi connectivity index (χ2v) is 9.13. The highest BCUT2D eigenvalue weighted by Gasteiger charge is 2.29. The van der Waals surface area contributed by atoms with Gasteiger partial charge in [0.15, 0.2) is 0 Å². The number of carbonyl (C=O) groups excluding carboxylic acids is 1. The van der Waals surface area contributed by atoms with Crippen molar-refractivity contribution in [2.75, 3.05) is 7.11 Å². The van der Waals surface area contributed by atoms with E-state index in [1.165, 1.54) is 6.07 Å². The highest BCUT2D eigenvalue weighted by molar-refractivity contribution is 5.95. The highest BCUT2D eigenvalue weighted by atomic mass is 16.5. The number of fused-ring (bicyclic) bond motifs is 1. The molecule has 1 N–H and O–H groups in total. The summed E-state index contributed by atoms with van der Waals surface area (Å²) in [5.41, 5.74) is 3.83. The Balaban J connectivity index is 1.18. The SMILES string of the molecule is COc1ccc(CCC2Cc3cc(OCc4cn(CC=Cc5ccccc5)nn4)cc(O)c3C(=O)O2)cc1. The van der Waals surface area contributed by atoms with Crippen molar-refractivity contribution in [3.63, 3.8) is 0 Å². The first kappa shape index (κ1) is 25.1. The fourth-order valence-corrected chi connectivity index (χ4v) is 4.43. The van der Waals surface area contributed by atoms with Crippen molar-refractivity contribution in [1.82, 2.24) is 15.0 Å². The Morgan fingerprint density at radius 2 is 1.92 bits per heavy atom. The summed E-state index contributed by atoms with van der Waals surface area (Å²) in [6.45, 7) is 0.771. The molecule has 3 aromatic carbocycles. The maximum absolute atomic E-state index is 12.6. The van der Waals surface area contributed by atoms with Crippen LogP contribution in [0.5, 0.6) is 17.2 Å². The number of nitrogens with zero attached hydrogens (tertiary/aromatic N) is 3. The third-order valence-corrected chi connectivity index (χ3v) is 6.39. The third-order valence-electron chi connectivity index (χ3n) is 6.39. The number of cyclic esters (lactones) is 1. The minimum atomic E-state index is -0.512. The smallest absolute Gasteiger partial charge is 0.342 e. The van der Waals surface area contributed by atoms with Crippen molar-refractivity contribution in [2.24, 2.45) is 0 Å². The predicted molar refractivity (Wildman–Crippen MR) is 142 cm³/mol. The molecule has 0 fully saturated rings. The van der Waals surface area contributed by atoms with Gasteiger partial charge in [0, 0.05) is 12.5 Å². The summed E-state index contributed by atoms with van der Waals surface area (Å²) in [6, 6.07) is 21.1. The molecule has 1 aromatic heterocycles. The van der Waals surface area contributed by atoms with E-state index in [9.17, 15) is 9.90 Å². The Kier molecular flexibility index (Phi) is 7.68. The van der Waals surface area contributed by atoms with Gasteiger partial charge in [-0.25, -0.2) is 9.48 Å². The first-order valence-electron chi connectivity index (χ1n) is 12.5. The molecule has 0 spiro atoms. The average molecular weight is 512 g/mol. The molecule has 2 heterocycles. The van der Waals surface area contributed by atoms with E-state index in [1.807, 2.05) is 72.9 Å². The summed E-state index contributed by atoms with van der Waals surface area (Å²) in [5.74, 6) is 0.605. The number of carbonyl (C=O) groups is 1. The first-order valence-corrected chi connectivity index (χ1v) is 12.5. The zero-order valence-corrected chi connectivity index (χ0v) is 21.1. The number of benzene rings is 3. The normalized spacial score (nSPS) is 14.8. The lowest BCUT2D eigenvalue weighted by molar-refractivity contribution is 0.0234. The lowest BCUT2D eigenvalue weighted by Gasteiger charge is -2.25. The number of phenolic OH excluding ortho intramolecular Hbond substituents is 1. The van der Waals surface area contributed by atoms with Crippen molar-refractivity contribution in [2.45, 2.75) is 38.5 Å². The molecule has 8 heteroatoms. The molecule has 8 nitrogen and oxygen atoms in total. The number of allylic oxidation sites excluding steroid dienone is 1. The van der Waals surface area contributed by atoms with Crippen LogP contribution in [-0.2, 0) is 30.7 Å². The molecule has 5 rings (SSSR count). The number of aromatic hydroxyl groups is 1. The molecule has 1 atom stereocenters. The van der Waals surface area contributed by atoms with Crippen LogP contribution in [0.25, 0.3) is 6.08 Å². The number of esters is 1. The van der Waals surface area contributed by atoms with Crippen LogP contribution in [0.2, 0.25) is 0 Å². The summed E-state index contributed by atoms with van der Waals surface area (Å²) in [4.78, 5) is 12.6. The van der Waals surface area contributed by atoms with Crippen LogP contribution >= 0.6 is 0 Å². The number of hydrogen-bond acceptors (Lipinski definition) is 7. The third kappa shape index (κ3) is 6.21. The zero-order valence-electron chi connectivity index (χ0n) is 21.1. The molecule has 0 aliphatic carbocycles. The Hall–Kier alpha value is -4.59. The van der Waals surface area contributed by atoms with Gasteiger partial charge in [-0.2, -0.15) is 0 Å². The largest absolute Gasteiger partial charge is 0.507 e. The van der Waals surface area contributed by atoms with Gasteiger partial charge < -0.3 is 19.3 Å². The van der Waals surface area contributed by atoms with E-state index in [0.717, 1.165) is 23.3 Å². The highest BCUT2D eigenvalue weighted by Crippen LogP contribution is 2.34. The number of aryl methyl sites for hydroxylation is 1. The fourth-order valence-electron chi connectivity index (χ4n) is 4.43. The maximum atomic E-state index is 12.6. The molecule has 0 saturated heterocycles. The number of aromatic nitrogens is 3. The van der Waals surface area contributed by atoms with Gasteiger partial charge in [-0.3, -0.25) is 0 Å². The van der Waals surface area contributed by atoms with Gasteiger partial charge >= 0.3 is 5.97 Å². The van der Waals surface area contributed by atoms with Crippen LogP contribution in [0, 0.1) is 0 Å². The van der Waals surface area contributed by atoms with Crippen molar-refractivity contribution >= 4 is 12.0 Å². The molecule has 1 aliphatic rings. The van der Waals surface area contributed by atoms with E-state index >= 15 is 0 Å². The summed E-state index contributed by atoms with van der Waals surface area (Å²) >= 11 is 0. The topological polar surface area (TPSA) is 95.7 Å². The Morgan fingerprint density at radius 1 is 1.11 bits per heavy atom. The minimum Gasteiger partial charge on any atom is -0.507 e. The maximum Gasteiger partial charge on any atom is 0.342 e. The number of hydrogen-bond donors (Lipinski definition) is 1. The quantitative estimate of drug-likeness (QED) is 0.299. The summed E-state index contributed by atoms with van der Waals surface area (Å²) in [6.07, 6.45) is 7.52. The lowest BCUT2D eigenvalue weighted by atomic mass is 9.94. The van der Waals surface area contributed by atoms with E-state index in [2.05, 4.69) is 10.3 Å². The molecule has 0 radical (unpaired) electrons. The molecular weight excluding hydrogens is 482 g/mol. The number of methoxy groups -OCH3 is 1. The Bertz CT molecular complexity index is 1410. The monoisotopic (exact) mass is 511 g/mol. The van der Waals surface area contributed by atoms with Gasteiger partial charge in [0.2, 0.25) is 0 Å². The second-order valence-electron chi connectivity index (χ2n) is 9.13. The molecule has 0 bridgehead atoms. The number of phenols is 1. The molecule has 194 valence electrons. The summed E-state index contributed by atoms with van der Waals surface area (Å²) in [5, 5.41) is 18.8. The Labute approximate surface area is 221 Å². The number of rotatable bonds is 10. The van der Waals surface area contributed by atoms with E-state index in [4.69, 9.17) is 14.2 Å². The molecule has 4 aromatic rings. The average Bonchev–Trinajstić information content (AvgIpc) is 3.39. The van der Waals surface area contributed by atoms with Crippen molar-refractivity contribution in [1.29, 1.82) is 0 Å². The van der Waals surface area contributed by atoms with Gasteiger partial charge in [-0.15, -0.1) is 5.10 Å². The lowest BCUT2D eigenvalue weighted by Crippen LogP contribution is -2.28. The van der Waals surface area contributed by atoms with Gasteiger partial charge in [-0.05, 0) is 47.7 Å². The molecule has 0 amide bonds. The van der Waals surface area contributed by atoms with Crippen molar-refractivity contribution in [3.05, 3.63) is 107 Å². The van der Waals surface area contributed by atoms with Crippen LogP contribution in [0.15, 0.2) is 79.0 Å². The molecule has 0 saturated carbocycles. The van der Waals surface area contributed by atoms with E-state index < -0.39 is 5.97 Å². The molecule has 1 aliphatic heterocycles. The summed E-state index contributed by atoms with van der Waals surface area (Å²) < 4.78 is 18.4. The van der Waals surface area contributed by atoms with Crippen LogP contribution in [0.1, 0.15) is 39.2 Å². The van der Waals surface area contributed by atoms with Gasteiger partial charge in [0.05, 0.1) is 19.9 Å². The zero-order chi connectivity index (χ0) is 26.3. The van der Waals surface area contributed by atoms with Crippen LogP contribution in [-0.4, -0.2) is 39.3 Å². The molecular formula is C30H29N3O5. The van der Waals surface area contributed by atoms with E-state index in [0.29, 0.717) is 36.4 Å². The van der Waals surface area contributed by atoms with Gasteiger partial charge in [-0.1, -0.05) is 59.8 Å². The van der Waals surface area contributed by atoms with E-state index in [1.54, 1.807) is 17.9 Å². The summed E-state index contributed by atoms with van der Waals surface area (Å²) in [7, 11) is 1.64. The fraction of sp³-hybridized carbons (Fsp3) is 0.233. The molecule has 1 unspecified atom stereocenters. The predicted octanol–water partition coefficient (Wildman–Crippen LogP) is 5.00. The van der Waals surface area contributed by atoms with Crippen molar-refractivity contribution < 1.29 is 24.1 Å². The van der Waals surface area contributed by atoms with Gasteiger partial charge in [0.1, 0.15) is 41.2 Å². The Morgan fingerprint density at radius 3 is 2.71 bits per heavy atom. The van der Waals surface area contributed by atoms with Crippen LogP contribution < -0.4 is 9.47 Å². The van der Waals surface area contributed by atoms with Crippen LogP contribution in [0.3, 0.4) is 0 Å². The van der Waals surface area contributed by atoms with Crippen LogP contribution in [0.4, 0.5) is 0 Å². The van der Waals surface area contributed by atoms with Crippen molar-refractivity contribution in [3.8, 4) is 17.2 Å². The second kappa shape index (κ2) is 11.6. The van der Waals surface area contributed by atoms with E-state index in [-0.39, 0.29) is 24.0 Å². The molecule has 38 heavy (non-hydrogen) atoms.